The van der Waals surface area contributed by atoms with E-state index in [1.54, 1.807) is 11.4 Å². The van der Waals surface area contributed by atoms with E-state index in [1.165, 1.54) is 12.3 Å². The number of amides is 1. The highest BCUT2D eigenvalue weighted by atomic mass is 32.1. The zero-order chi connectivity index (χ0) is 12.3. The van der Waals surface area contributed by atoms with Crippen molar-refractivity contribution in [3.05, 3.63) is 44.6 Å². The van der Waals surface area contributed by atoms with E-state index in [2.05, 4.69) is 15.3 Å². The van der Waals surface area contributed by atoms with Crippen molar-refractivity contribution < 1.29 is 4.79 Å². The number of anilines is 1. The van der Waals surface area contributed by atoms with Crippen molar-refractivity contribution in [1.29, 1.82) is 0 Å². The predicted molar refractivity (Wildman–Crippen MR) is 64.8 cm³/mol. The Balaban J connectivity index is 2.00. The van der Waals surface area contributed by atoms with Crippen molar-refractivity contribution in [2.45, 2.75) is 6.54 Å². The van der Waals surface area contributed by atoms with E-state index >= 15 is 0 Å². The summed E-state index contributed by atoms with van der Waals surface area (Å²) in [6.45, 7) is 0.278. The molecule has 7 heteroatoms. The van der Waals surface area contributed by atoms with Crippen LogP contribution in [0.5, 0.6) is 0 Å². The van der Waals surface area contributed by atoms with Gasteiger partial charge in [-0.2, -0.15) is 0 Å². The highest BCUT2D eigenvalue weighted by Crippen LogP contribution is 2.03. The molecule has 6 nitrogen and oxygen atoms in total. The standard InChI is InChI=1S/C10H10N4O2S/c11-8-3-6(1-2-12-8)9(15)13-4-7-5-17-10(16)14-7/h1-3,5H,4H2,(H2,11,12)(H,13,15)(H,14,16). The first-order valence-electron chi connectivity index (χ1n) is 4.81. The topological polar surface area (TPSA) is 101 Å². The number of nitrogens with two attached hydrogens (primary N) is 1. The van der Waals surface area contributed by atoms with Gasteiger partial charge in [0.1, 0.15) is 5.82 Å². The first-order chi connectivity index (χ1) is 8.15. The average Bonchev–Trinajstić information content (AvgIpc) is 2.72. The van der Waals surface area contributed by atoms with E-state index in [0.717, 1.165) is 11.3 Å². The van der Waals surface area contributed by atoms with Crippen LogP contribution in [0.1, 0.15) is 16.1 Å². The van der Waals surface area contributed by atoms with Crippen LogP contribution in [0.25, 0.3) is 0 Å². The van der Waals surface area contributed by atoms with Gasteiger partial charge in [-0.05, 0) is 12.1 Å². The molecule has 2 rings (SSSR count). The van der Waals surface area contributed by atoms with Gasteiger partial charge in [0.15, 0.2) is 0 Å². The van der Waals surface area contributed by atoms with E-state index in [-0.39, 0.29) is 17.3 Å². The van der Waals surface area contributed by atoms with Crippen LogP contribution in [-0.2, 0) is 6.54 Å². The summed E-state index contributed by atoms with van der Waals surface area (Å²) in [4.78, 5) is 28.8. The Labute approximate surface area is 101 Å². The molecule has 0 unspecified atom stereocenters. The van der Waals surface area contributed by atoms with E-state index in [9.17, 15) is 9.59 Å². The average molecular weight is 250 g/mol. The highest BCUT2D eigenvalue weighted by molar-refractivity contribution is 7.07. The van der Waals surface area contributed by atoms with Crippen LogP contribution in [0, 0.1) is 0 Å². The lowest BCUT2D eigenvalue weighted by atomic mass is 10.2. The maximum Gasteiger partial charge on any atom is 0.304 e. The molecule has 0 aromatic carbocycles. The smallest absolute Gasteiger partial charge is 0.304 e. The third-order valence-electron chi connectivity index (χ3n) is 2.05. The molecule has 2 heterocycles. The van der Waals surface area contributed by atoms with E-state index in [0.29, 0.717) is 17.1 Å². The van der Waals surface area contributed by atoms with E-state index in [1.807, 2.05) is 0 Å². The third-order valence-corrected chi connectivity index (χ3v) is 2.77. The molecule has 17 heavy (non-hydrogen) atoms. The molecule has 0 atom stereocenters. The maximum absolute atomic E-state index is 11.7. The molecule has 0 bridgehead atoms. The van der Waals surface area contributed by atoms with Crippen molar-refractivity contribution >= 4 is 23.1 Å². The van der Waals surface area contributed by atoms with E-state index < -0.39 is 0 Å². The lowest BCUT2D eigenvalue weighted by molar-refractivity contribution is 0.0950. The third kappa shape index (κ3) is 2.91. The number of hydrogen-bond acceptors (Lipinski definition) is 5. The van der Waals surface area contributed by atoms with Gasteiger partial charge in [0, 0.05) is 22.8 Å². The molecule has 2 aromatic rings. The summed E-state index contributed by atoms with van der Waals surface area (Å²) < 4.78 is 0. The van der Waals surface area contributed by atoms with Crippen molar-refractivity contribution in [1.82, 2.24) is 15.3 Å². The van der Waals surface area contributed by atoms with Crippen molar-refractivity contribution in [2.24, 2.45) is 0 Å². The van der Waals surface area contributed by atoms with Gasteiger partial charge in [0.2, 0.25) is 0 Å². The molecule has 0 aliphatic rings. The minimum absolute atomic E-state index is 0.137. The number of H-pyrrole nitrogens is 1. The number of nitrogen functional groups attached to an aromatic ring is 1. The molecule has 2 aromatic heterocycles. The first kappa shape index (κ1) is 11.3. The molecule has 0 fully saturated rings. The molecule has 0 saturated heterocycles. The molecule has 0 spiro atoms. The monoisotopic (exact) mass is 250 g/mol. The molecule has 0 aliphatic carbocycles. The number of pyridine rings is 1. The second kappa shape index (κ2) is 4.79. The summed E-state index contributed by atoms with van der Waals surface area (Å²) in [5, 5.41) is 4.34. The Morgan fingerprint density at radius 3 is 3.06 bits per heavy atom. The summed E-state index contributed by atoms with van der Waals surface area (Å²) in [6.07, 6.45) is 1.47. The SMILES string of the molecule is Nc1cc(C(=O)NCc2csc(=O)[nH]2)ccn1. The largest absolute Gasteiger partial charge is 0.384 e. The molecular weight excluding hydrogens is 240 g/mol. The van der Waals surface area contributed by atoms with Crippen LogP contribution in [0.3, 0.4) is 0 Å². The molecular formula is C10H10N4O2S. The minimum Gasteiger partial charge on any atom is -0.384 e. The number of thiazole rings is 1. The number of aromatic nitrogens is 2. The normalized spacial score (nSPS) is 10.1. The number of nitrogens with zero attached hydrogens (tertiary/aromatic N) is 1. The van der Waals surface area contributed by atoms with Gasteiger partial charge in [-0.1, -0.05) is 11.3 Å². The quantitative estimate of drug-likeness (QED) is 0.731. The van der Waals surface area contributed by atoms with Gasteiger partial charge in [-0.15, -0.1) is 0 Å². The molecule has 0 saturated carbocycles. The van der Waals surface area contributed by atoms with Gasteiger partial charge >= 0.3 is 4.87 Å². The fourth-order valence-corrected chi connectivity index (χ4v) is 1.85. The Morgan fingerprint density at radius 1 is 1.59 bits per heavy atom. The molecule has 0 radical (unpaired) electrons. The predicted octanol–water partition coefficient (Wildman–Crippen LogP) is 0.344. The fourth-order valence-electron chi connectivity index (χ4n) is 1.27. The van der Waals surface area contributed by atoms with E-state index in [4.69, 9.17) is 5.73 Å². The zero-order valence-electron chi connectivity index (χ0n) is 8.77. The van der Waals surface area contributed by atoms with Crippen molar-refractivity contribution in [3.8, 4) is 0 Å². The Bertz CT molecular complexity index is 590. The summed E-state index contributed by atoms with van der Waals surface area (Å²) in [5.41, 5.74) is 6.59. The summed E-state index contributed by atoms with van der Waals surface area (Å²) in [6, 6.07) is 3.06. The Morgan fingerprint density at radius 2 is 2.41 bits per heavy atom. The molecule has 0 aliphatic heterocycles. The van der Waals surface area contributed by atoms with Crippen molar-refractivity contribution in [3.63, 3.8) is 0 Å². The number of aromatic amines is 1. The summed E-state index contributed by atoms with van der Waals surface area (Å²) >= 11 is 1.06. The number of carbonyl (C=O) groups excluding carboxylic acids is 1. The summed E-state index contributed by atoms with van der Waals surface area (Å²) in [5.74, 6) is 0.0349. The van der Waals surface area contributed by atoms with Crippen LogP contribution in [0.2, 0.25) is 0 Å². The lowest BCUT2D eigenvalue weighted by Crippen LogP contribution is -2.23. The number of rotatable bonds is 3. The molecule has 4 N–H and O–H groups in total. The van der Waals surface area contributed by atoms with Crippen LogP contribution in [0.4, 0.5) is 5.82 Å². The van der Waals surface area contributed by atoms with Crippen molar-refractivity contribution in [2.75, 3.05) is 5.73 Å². The Kier molecular flexibility index (Phi) is 3.20. The van der Waals surface area contributed by atoms with Gasteiger partial charge < -0.3 is 16.0 Å². The fraction of sp³-hybridized carbons (Fsp3) is 0.100. The maximum atomic E-state index is 11.7. The second-order valence-corrected chi connectivity index (χ2v) is 4.17. The van der Waals surface area contributed by atoms with Crippen LogP contribution < -0.4 is 15.9 Å². The lowest BCUT2D eigenvalue weighted by Gasteiger charge is -2.03. The van der Waals surface area contributed by atoms with Gasteiger partial charge in [0.05, 0.1) is 6.54 Å². The number of nitrogens with one attached hydrogen (secondary N) is 2. The highest BCUT2D eigenvalue weighted by Gasteiger charge is 2.06. The first-order valence-corrected chi connectivity index (χ1v) is 5.69. The van der Waals surface area contributed by atoms with Crippen LogP contribution in [-0.4, -0.2) is 15.9 Å². The molecule has 88 valence electrons. The number of carbonyl (C=O) groups is 1. The summed E-state index contributed by atoms with van der Waals surface area (Å²) in [7, 11) is 0. The van der Waals surface area contributed by atoms with Gasteiger partial charge in [0.25, 0.3) is 5.91 Å². The van der Waals surface area contributed by atoms with Crippen LogP contribution in [0.15, 0.2) is 28.5 Å². The Hall–Kier alpha value is -2.15. The van der Waals surface area contributed by atoms with Crippen LogP contribution >= 0.6 is 11.3 Å². The minimum atomic E-state index is -0.258. The number of hydrogen-bond donors (Lipinski definition) is 3. The zero-order valence-corrected chi connectivity index (χ0v) is 9.58. The molecule has 1 amide bonds. The second-order valence-electron chi connectivity index (χ2n) is 3.33. The van der Waals surface area contributed by atoms with Gasteiger partial charge in [-0.3, -0.25) is 9.59 Å². The van der Waals surface area contributed by atoms with Gasteiger partial charge in [-0.25, -0.2) is 4.98 Å².